The average Bonchev–Trinajstić information content (AvgIpc) is 2.66. The monoisotopic (exact) mass is 267 g/mol. The van der Waals surface area contributed by atoms with Crippen molar-refractivity contribution in [1.29, 1.82) is 0 Å². The van der Waals surface area contributed by atoms with Gasteiger partial charge in [-0.3, -0.25) is 0 Å². The zero-order chi connectivity index (χ0) is 13.5. The van der Waals surface area contributed by atoms with Crippen molar-refractivity contribution in [3.8, 4) is 0 Å². The van der Waals surface area contributed by atoms with Crippen molar-refractivity contribution < 1.29 is 0 Å². The Morgan fingerprint density at radius 2 is 1.53 bits per heavy atom. The number of likely N-dealkylation sites (tertiary alicyclic amines) is 1. The van der Waals surface area contributed by atoms with E-state index in [1.165, 1.54) is 84.5 Å². The third kappa shape index (κ3) is 5.41. The summed E-state index contributed by atoms with van der Waals surface area (Å²) in [5.41, 5.74) is 0. The molecule has 2 heterocycles. The molecule has 112 valence electrons. The molecule has 0 radical (unpaired) electrons. The van der Waals surface area contributed by atoms with Gasteiger partial charge in [0.2, 0.25) is 0 Å². The summed E-state index contributed by atoms with van der Waals surface area (Å²) < 4.78 is 0. The zero-order valence-electron chi connectivity index (χ0n) is 13.1. The van der Waals surface area contributed by atoms with E-state index in [2.05, 4.69) is 28.7 Å². The van der Waals surface area contributed by atoms with Crippen LogP contribution < -0.4 is 0 Å². The average molecular weight is 267 g/mol. The lowest BCUT2D eigenvalue weighted by Gasteiger charge is -2.32. The van der Waals surface area contributed by atoms with Gasteiger partial charge in [-0.25, -0.2) is 0 Å². The van der Waals surface area contributed by atoms with E-state index >= 15 is 0 Å². The van der Waals surface area contributed by atoms with E-state index in [0.717, 1.165) is 5.92 Å². The highest BCUT2D eigenvalue weighted by atomic mass is 15.2. The van der Waals surface area contributed by atoms with Gasteiger partial charge in [0, 0.05) is 26.2 Å². The molecule has 2 saturated heterocycles. The molecule has 0 aliphatic carbocycles. The quantitative estimate of drug-likeness (QED) is 0.755. The highest BCUT2D eigenvalue weighted by molar-refractivity contribution is 4.72. The minimum Gasteiger partial charge on any atom is -0.304 e. The standard InChI is InChI=1S/C16H33N3/c1-3-16-6-4-8-18(11-7-16)9-5-10-19-14-12-17(2)13-15-19/h16H,3-15H2,1-2H3/t16-/m0/s1. The van der Waals surface area contributed by atoms with Gasteiger partial charge in [0.15, 0.2) is 0 Å². The van der Waals surface area contributed by atoms with Gasteiger partial charge < -0.3 is 14.7 Å². The van der Waals surface area contributed by atoms with Crippen LogP contribution in [0.5, 0.6) is 0 Å². The van der Waals surface area contributed by atoms with Crippen LogP contribution in [0.3, 0.4) is 0 Å². The molecule has 2 aliphatic rings. The summed E-state index contributed by atoms with van der Waals surface area (Å²) >= 11 is 0. The lowest BCUT2D eigenvalue weighted by atomic mass is 9.98. The third-order valence-electron chi connectivity index (χ3n) is 5.06. The smallest absolute Gasteiger partial charge is 0.0110 e. The number of piperazine rings is 1. The van der Waals surface area contributed by atoms with Crippen LogP contribution in [0.15, 0.2) is 0 Å². The van der Waals surface area contributed by atoms with E-state index in [1.54, 1.807) is 0 Å². The summed E-state index contributed by atoms with van der Waals surface area (Å²) in [5.74, 6) is 1.00. The first-order chi connectivity index (χ1) is 9.28. The predicted molar refractivity (Wildman–Crippen MR) is 82.6 cm³/mol. The van der Waals surface area contributed by atoms with E-state index in [-0.39, 0.29) is 0 Å². The summed E-state index contributed by atoms with van der Waals surface area (Å²) in [4.78, 5) is 7.80. The normalized spacial score (nSPS) is 28.4. The Morgan fingerprint density at radius 3 is 2.21 bits per heavy atom. The van der Waals surface area contributed by atoms with E-state index in [9.17, 15) is 0 Å². The van der Waals surface area contributed by atoms with Crippen molar-refractivity contribution in [2.75, 3.05) is 59.4 Å². The number of rotatable bonds is 5. The third-order valence-corrected chi connectivity index (χ3v) is 5.06. The second-order valence-electron chi connectivity index (χ2n) is 6.55. The molecular formula is C16H33N3. The Balaban J connectivity index is 1.57. The van der Waals surface area contributed by atoms with Gasteiger partial charge in [0.1, 0.15) is 0 Å². The second kappa shape index (κ2) is 8.23. The molecule has 19 heavy (non-hydrogen) atoms. The van der Waals surface area contributed by atoms with Crippen LogP contribution in [-0.2, 0) is 0 Å². The molecule has 0 unspecified atom stereocenters. The van der Waals surface area contributed by atoms with E-state index in [1.807, 2.05) is 0 Å². The molecule has 0 aromatic carbocycles. The van der Waals surface area contributed by atoms with Crippen molar-refractivity contribution in [2.24, 2.45) is 5.92 Å². The molecule has 3 heteroatoms. The summed E-state index contributed by atoms with van der Waals surface area (Å²) in [6.07, 6.45) is 7.07. The largest absolute Gasteiger partial charge is 0.304 e. The van der Waals surface area contributed by atoms with Gasteiger partial charge in [-0.2, -0.15) is 0 Å². The van der Waals surface area contributed by atoms with Crippen LogP contribution in [0, 0.1) is 5.92 Å². The minimum atomic E-state index is 1.00. The Hall–Kier alpha value is -0.120. The van der Waals surface area contributed by atoms with Crippen LogP contribution in [0.4, 0.5) is 0 Å². The Kier molecular flexibility index (Phi) is 6.62. The second-order valence-corrected chi connectivity index (χ2v) is 6.55. The van der Waals surface area contributed by atoms with Gasteiger partial charge >= 0.3 is 0 Å². The molecule has 2 fully saturated rings. The lowest BCUT2D eigenvalue weighted by molar-refractivity contribution is 0.146. The maximum absolute atomic E-state index is 2.71. The number of hydrogen-bond acceptors (Lipinski definition) is 3. The van der Waals surface area contributed by atoms with Gasteiger partial charge in [0.05, 0.1) is 0 Å². The topological polar surface area (TPSA) is 9.72 Å². The number of likely N-dealkylation sites (N-methyl/N-ethyl adjacent to an activating group) is 1. The predicted octanol–water partition coefficient (Wildman–Crippen LogP) is 2.14. The van der Waals surface area contributed by atoms with Crippen molar-refractivity contribution in [1.82, 2.24) is 14.7 Å². The first-order valence-electron chi connectivity index (χ1n) is 8.41. The Labute approximate surface area is 119 Å². The molecule has 0 aromatic heterocycles. The molecule has 0 amide bonds. The molecule has 3 nitrogen and oxygen atoms in total. The molecule has 0 bridgehead atoms. The molecule has 2 rings (SSSR count). The van der Waals surface area contributed by atoms with Gasteiger partial charge in [-0.05, 0) is 64.8 Å². The maximum atomic E-state index is 2.71. The molecule has 0 saturated carbocycles. The first-order valence-corrected chi connectivity index (χ1v) is 8.41. The fraction of sp³-hybridized carbons (Fsp3) is 1.00. The maximum Gasteiger partial charge on any atom is 0.0110 e. The van der Waals surface area contributed by atoms with Crippen molar-refractivity contribution in [2.45, 2.75) is 39.0 Å². The molecular weight excluding hydrogens is 234 g/mol. The molecule has 0 aromatic rings. The van der Waals surface area contributed by atoms with Crippen LogP contribution >= 0.6 is 0 Å². The lowest BCUT2D eigenvalue weighted by Crippen LogP contribution is -2.45. The van der Waals surface area contributed by atoms with Gasteiger partial charge in [-0.15, -0.1) is 0 Å². The van der Waals surface area contributed by atoms with Crippen LogP contribution in [0.2, 0.25) is 0 Å². The molecule has 1 atom stereocenters. The number of nitrogens with zero attached hydrogens (tertiary/aromatic N) is 3. The summed E-state index contributed by atoms with van der Waals surface area (Å²) in [6, 6.07) is 0. The fourth-order valence-electron chi connectivity index (χ4n) is 3.45. The zero-order valence-corrected chi connectivity index (χ0v) is 13.1. The van der Waals surface area contributed by atoms with Crippen molar-refractivity contribution >= 4 is 0 Å². The van der Waals surface area contributed by atoms with E-state index in [4.69, 9.17) is 0 Å². The van der Waals surface area contributed by atoms with Crippen molar-refractivity contribution in [3.05, 3.63) is 0 Å². The number of hydrogen-bond donors (Lipinski definition) is 0. The Morgan fingerprint density at radius 1 is 0.842 bits per heavy atom. The highest BCUT2D eigenvalue weighted by Gasteiger charge is 2.16. The molecule has 2 aliphatic heterocycles. The van der Waals surface area contributed by atoms with E-state index in [0.29, 0.717) is 0 Å². The summed E-state index contributed by atoms with van der Waals surface area (Å²) in [7, 11) is 2.23. The van der Waals surface area contributed by atoms with Crippen LogP contribution in [0.25, 0.3) is 0 Å². The Bertz CT molecular complexity index is 236. The van der Waals surface area contributed by atoms with E-state index < -0.39 is 0 Å². The SMILES string of the molecule is CC[C@H]1CCCN(CCCN2CCN(C)CC2)CC1. The van der Waals surface area contributed by atoms with Crippen LogP contribution in [-0.4, -0.2) is 74.1 Å². The fourth-order valence-corrected chi connectivity index (χ4v) is 3.45. The molecule has 0 spiro atoms. The van der Waals surface area contributed by atoms with Crippen LogP contribution in [0.1, 0.15) is 39.0 Å². The van der Waals surface area contributed by atoms with Gasteiger partial charge in [0.25, 0.3) is 0 Å². The minimum absolute atomic E-state index is 1.00. The van der Waals surface area contributed by atoms with Gasteiger partial charge in [-0.1, -0.05) is 13.3 Å². The summed E-state index contributed by atoms with van der Waals surface area (Å²) in [6.45, 7) is 12.7. The van der Waals surface area contributed by atoms with Crippen molar-refractivity contribution in [3.63, 3.8) is 0 Å². The molecule has 0 N–H and O–H groups in total. The summed E-state index contributed by atoms with van der Waals surface area (Å²) in [5, 5.41) is 0. The highest BCUT2D eigenvalue weighted by Crippen LogP contribution is 2.20. The first kappa shape index (κ1) is 15.3.